The first-order valence-electron chi connectivity index (χ1n) is 7.22. The molecule has 0 saturated carbocycles. The number of benzene rings is 2. The van der Waals surface area contributed by atoms with E-state index in [1.54, 1.807) is 31.2 Å². The zero-order valence-electron chi connectivity index (χ0n) is 13.6. The number of methoxy groups -OCH3 is 1. The largest absolute Gasteiger partial charge is 0.497 e. The molecule has 0 spiro atoms. The number of rotatable bonds is 2. The number of hydrogen-bond acceptors (Lipinski definition) is 1. The first kappa shape index (κ1) is 19.1. The first-order valence-corrected chi connectivity index (χ1v) is 7.22. The van der Waals surface area contributed by atoms with Gasteiger partial charge in [-0.2, -0.15) is 0 Å². The summed E-state index contributed by atoms with van der Waals surface area (Å²) in [6, 6.07) is 9.18. The van der Waals surface area contributed by atoms with E-state index in [-0.39, 0.29) is 5.82 Å². The Morgan fingerprint density at radius 2 is 1.43 bits per heavy atom. The maximum atomic E-state index is 13.8. The zero-order chi connectivity index (χ0) is 16.4. The lowest BCUT2D eigenvalue weighted by molar-refractivity contribution is 0.411. The van der Waals surface area contributed by atoms with Gasteiger partial charge in [-0.3, -0.25) is 0 Å². The second-order valence-electron chi connectivity index (χ2n) is 3.81. The molecule has 1 nitrogen and oxygen atoms in total. The molecule has 2 aromatic carbocycles. The molecular weight excluding hydrogens is 270 g/mol. The number of halogens is 2. The monoisotopic (exact) mass is 294 g/mol. The van der Waals surface area contributed by atoms with Crippen molar-refractivity contribution in [1.29, 1.82) is 0 Å². The van der Waals surface area contributed by atoms with Gasteiger partial charge in [0.2, 0.25) is 0 Å². The smallest absolute Gasteiger partial charge is 0.134 e. The average Bonchev–Trinajstić information content (AvgIpc) is 2.54. The van der Waals surface area contributed by atoms with Crippen molar-refractivity contribution in [3.8, 4) is 16.9 Å². The summed E-state index contributed by atoms with van der Waals surface area (Å²) in [5, 5.41) is 0. The average molecular weight is 294 g/mol. The maximum Gasteiger partial charge on any atom is 0.134 e. The molecule has 0 radical (unpaired) electrons. The van der Waals surface area contributed by atoms with E-state index in [4.69, 9.17) is 4.74 Å². The van der Waals surface area contributed by atoms with Crippen molar-refractivity contribution in [2.24, 2.45) is 0 Å². The third kappa shape index (κ3) is 5.18. The van der Waals surface area contributed by atoms with E-state index in [9.17, 15) is 8.78 Å². The van der Waals surface area contributed by atoms with Gasteiger partial charge in [-0.25, -0.2) is 8.78 Å². The van der Waals surface area contributed by atoms with Gasteiger partial charge in [0.15, 0.2) is 0 Å². The predicted molar refractivity (Wildman–Crippen MR) is 85.8 cm³/mol. The minimum absolute atomic E-state index is 0.335. The normalized spacial score (nSPS) is 8.95. The summed E-state index contributed by atoms with van der Waals surface area (Å²) < 4.78 is 32.1. The lowest BCUT2D eigenvalue weighted by Crippen LogP contribution is -1.90. The van der Waals surface area contributed by atoms with E-state index in [0.29, 0.717) is 22.4 Å². The van der Waals surface area contributed by atoms with Crippen LogP contribution in [0.4, 0.5) is 8.78 Å². The van der Waals surface area contributed by atoms with Crippen molar-refractivity contribution in [3.63, 3.8) is 0 Å². The van der Waals surface area contributed by atoms with E-state index >= 15 is 0 Å². The molecule has 0 N–H and O–H groups in total. The van der Waals surface area contributed by atoms with Crippen LogP contribution < -0.4 is 4.74 Å². The van der Waals surface area contributed by atoms with Gasteiger partial charge in [-0.15, -0.1) is 0 Å². The molecule has 0 amide bonds. The Bertz CT molecular complexity index is 551. The molecule has 2 rings (SSSR count). The molecular formula is C18H24F2O. The lowest BCUT2D eigenvalue weighted by atomic mass is 10.0. The van der Waals surface area contributed by atoms with Gasteiger partial charge in [0.05, 0.1) is 7.11 Å². The highest BCUT2D eigenvalue weighted by Crippen LogP contribution is 2.27. The highest BCUT2D eigenvalue weighted by Gasteiger charge is 2.08. The summed E-state index contributed by atoms with van der Waals surface area (Å²) in [7, 11) is 1.47. The van der Waals surface area contributed by atoms with E-state index in [1.807, 2.05) is 27.7 Å². The standard InChI is InChI=1S/C14H12F2O.2C2H6/c1-9-3-4-10(7-13(9)15)12-6-5-11(17-2)8-14(12)16;2*1-2/h3-8H,1-2H3;2*1-2H3. The van der Waals surface area contributed by atoms with Crippen LogP contribution in [0, 0.1) is 18.6 Å². The Balaban J connectivity index is 0.000000921. The molecule has 0 unspecified atom stereocenters. The Kier molecular flexibility index (Phi) is 9.02. The van der Waals surface area contributed by atoms with Crippen LogP contribution in [-0.4, -0.2) is 7.11 Å². The molecule has 21 heavy (non-hydrogen) atoms. The van der Waals surface area contributed by atoms with E-state index in [2.05, 4.69) is 0 Å². The van der Waals surface area contributed by atoms with Crippen molar-refractivity contribution in [3.05, 3.63) is 53.6 Å². The molecule has 0 saturated heterocycles. The molecule has 0 fully saturated rings. The van der Waals surface area contributed by atoms with Gasteiger partial charge in [0, 0.05) is 11.6 Å². The fraction of sp³-hybridized carbons (Fsp3) is 0.333. The SMILES string of the molecule is CC.CC.COc1ccc(-c2ccc(C)c(F)c2)c(F)c1. The van der Waals surface area contributed by atoms with Crippen LogP contribution in [0.5, 0.6) is 5.75 Å². The number of aryl methyl sites for hydroxylation is 1. The van der Waals surface area contributed by atoms with Crippen molar-refractivity contribution in [2.75, 3.05) is 7.11 Å². The molecule has 2 aromatic rings. The van der Waals surface area contributed by atoms with E-state index in [1.165, 1.54) is 19.2 Å². The molecule has 116 valence electrons. The van der Waals surface area contributed by atoms with Crippen LogP contribution in [-0.2, 0) is 0 Å². The van der Waals surface area contributed by atoms with Gasteiger partial charge >= 0.3 is 0 Å². The second-order valence-corrected chi connectivity index (χ2v) is 3.81. The van der Waals surface area contributed by atoms with E-state index in [0.717, 1.165) is 0 Å². The van der Waals surface area contributed by atoms with Crippen LogP contribution >= 0.6 is 0 Å². The molecule has 0 bridgehead atoms. The molecule has 3 heteroatoms. The molecule has 0 aliphatic heterocycles. The molecule has 0 aliphatic rings. The van der Waals surface area contributed by atoms with E-state index < -0.39 is 5.82 Å². The van der Waals surface area contributed by atoms with Crippen LogP contribution in [0.15, 0.2) is 36.4 Å². The van der Waals surface area contributed by atoms with Gasteiger partial charge in [0.1, 0.15) is 17.4 Å². The van der Waals surface area contributed by atoms with Crippen LogP contribution in [0.1, 0.15) is 33.3 Å². The molecule has 0 aliphatic carbocycles. The van der Waals surface area contributed by atoms with Crippen LogP contribution in [0.3, 0.4) is 0 Å². The highest BCUT2D eigenvalue weighted by atomic mass is 19.1. The Morgan fingerprint density at radius 1 is 0.810 bits per heavy atom. The predicted octanol–water partition coefficient (Wildman–Crippen LogP) is 6.00. The number of hydrogen-bond donors (Lipinski definition) is 0. The second kappa shape index (κ2) is 9.92. The van der Waals surface area contributed by atoms with Crippen LogP contribution in [0.2, 0.25) is 0 Å². The topological polar surface area (TPSA) is 9.23 Å². The molecule has 0 aromatic heterocycles. The van der Waals surface area contributed by atoms with Crippen LogP contribution in [0.25, 0.3) is 11.1 Å². The highest BCUT2D eigenvalue weighted by molar-refractivity contribution is 5.65. The quantitative estimate of drug-likeness (QED) is 0.660. The maximum absolute atomic E-state index is 13.8. The summed E-state index contributed by atoms with van der Waals surface area (Å²) in [5.41, 5.74) is 1.43. The zero-order valence-corrected chi connectivity index (χ0v) is 13.6. The molecule has 0 heterocycles. The summed E-state index contributed by atoms with van der Waals surface area (Å²) >= 11 is 0. The van der Waals surface area contributed by atoms with Crippen molar-refractivity contribution in [1.82, 2.24) is 0 Å². The third-order valence-corrected chi connectivity index (χ3v) is 2.66. The fourth-order valence-corrected chi connectivity index (χ4v) is 1.62. The Hall–Kier alpha value is -1.90. The van der Waals surface area contributed by atoms with Crippen molar-refractivity contribution < 1.29 is 13.5 Å². The Labute approximate surface area is 126 Å². The summed E-state index contributed by atoms with van der Waals surface area (Å²) in [5.74, 6) is -0.316. The minimum Gasteiger partial charge on any atom is -0.497 e. The van der Waals surface area contributed by atoms with Gasteiger partial charge < -0.3 is 4.74 Å². The third-order valence-electron chi connectivity index (χ3n) is 2.66. The lowest BCUT2D eigenvalue weighted by Gasteiger charge is -2.07. The fourth-order valence-electron chi connectivity index (χ4n) is 1.62. The van der Waals surface area contributed by atoms with Gasteiger partial charge in [0.25, 0.3) is 0 Å². The first-order chi connectivity index (χ1) is 10.1. The minimum atomic E-state index is -0.424. The van der Waals surface area contributed by atoms with Crippen molar-refractivity contribution in [2.45, 2.75) is 34.6 Å². The summed E-state index contributed by atoms with van der Waals surface area (Å²) in [6.45, 7) is 9.67. The Morgan fingerprint density at radius 3 is 1.90 bits per heavy atom. The van der Waals surface area contributed by atoms with Crippen molar-refractivity contribution >= 4 is 0 Å². The van der Waals surface area contributed by atoms with Gasteiger partial charge in [-0.1, -0.05) is 39.8 Å². The van der Waals surface area contributed by atoms with Gasteiger partial charge in [-0.05, 0) is 36.2 Å². The number of ether oxygens (including phenoxy) is 1. The summed E-state index contributed by atoms with van der Waals surface area (Å²) in [6.07, 6.45) is 0. The summed E-state index contributed by atoms with van der Waals surface area (Å²) in [4.78, 5) is 0. The molecule has 0 atom stereocenters.